The average molecular weight is 579 g/mol. The zero-order chi connectivity index (χ0) is 29.2. The van der Waals surface area contributed by atoms with Gasteiger partial charge >= 0.3 is 5.97 Å². The van der Waals surface area contributed by atoms with Crippen molar-refractivity contribution in [3.8, 4) is 0 Å². The number of ether oxygens (including phenoxy) is 1. The van der Waals surface area contributed by atoms with E-state index >= 15 is 0 Å². The second-order valence-corrected chi connectivity index (χ2v) is 10.5. The molecule has 0 aliphatic rings. The van der Waals surface area contributed by atoms with Crippen molar-refractivity contribution in [3.63, 3.8) is 0 Å². The number of aromatic nitrogens is 2. The fourth-order valence-electron chi connectivity index (χ4n) is 4.47. The van der Waals surface area contributed by atoms with Crippen LogP contribution in [-0.2, 0) is 22.5 Å². The topological polar surface area (TPSA) is 85.2 Å². The van der Waals surface area contributed by atoms with Crippen LogP contribution in [0.25, 0.3) is 0 Å². The fourth-order valence-corrected chi connectivity index (χ4v) is 4.94. The SMILES string of the molecule is COC(=O)[C@H](CCSC)NC(=O)c1ccc(NC(Cn2ccnc2)c2ccc(F)cc2)cc1Cc1ccc(F)cc1. The zero-order valence-corrected chi connectivity index (χ0v) is 23.7. The monoisotopic (exact) mass is 578 g/mol. The molecule has 3 aromatic carbocycles. The molecule has 2 atom stereocenters. The van der Waals surface area contributed by atoms with Crippen LogP contribution in [0.2, 0.25) is 0 Å². The van der Waals surface area contributed by atoms with Gasteiger partial charge in [0.05, 0.1) is 19.5 Å². The van der Waals surface area contributed by atoms with Gasteiger partial charge in [-0.25, -0.2) is 18.6 Å². The number of amides is 1. The maximum Gasteiger partial charge on any atom is 0.328 e. The molecule has 1 heterocycles. The van der Waals surface area contributed by atoms with Crippen LogP contribution in [0.15, 0.2) is 85.5 Å². The van der Waals surface area contributed by atoms with Crippen LogP contribution in [0.5, 0.6) is 0 Å². The molecule has 0 spiro atoms. The van der Waals surface area contributed by atoms with E-state index in [9.17, 15) is 18.4 Å². The molecule has 1 unspecified atom stereocenters. The Morgan fingerprint density at radius 2 is 1.73 bits per heavy atom. The molecular weight excluding hydrogens is 546 g/mol. The van der Waals surface area contributed by atoms with Crippen molar-refractivity contribution in [1.82, 2.24) is 14.9 Å². The normalized spacial score (nSPS) is 12.4. The molecule has 0 aliphatic heterocycles. The highest BCUT2D eigenvalue weighted by Gasteiger charge is 2.23. The summed E-state index contributed by atoms with van der Waals surface area (Å²) in [5, 5.41) is 6.33. The Balaban J connectivity index is 1.66. The highest BCUT2D eigenvalue weighted by atomic mass is 32.2. The van der Waals surface area contributed by atoms with Crippen molar-refractivity contribution >= 4 is 29.3 Å². The number of nitrogens with zero attached hydrogens (tertiary/aromatic N) is 2. The van der Waals surface area contributed by atoms with Crippen LogP contribution in [0.3, 0.4) is 0 Å². The highest BCUT2D eigenvalue weighted by molar-refractivity contribution is 7.98. The first-order valence-electron chi connectivity index (χ1n) is 13.1. The Hall–Kier alpha value is -4.18. The lowest BCUT2D eigenvalue weighted by molar-refractivity contribution is -0.142. The number of methoxy groups -OCH3 is 1. The Labute approximate surface area is 242 Å². The van der Waals surface area contributed by atoms with Gasteiger partial charge in [-0.3, -0.25) is 4.79 Å². The van der Waals surface area contributed by atoms with Crippen LogP contribution >= 0.6 is 11.8 Å². The quantitative estimate of drug-likeness (QED) is 0.200. The lowest BCUT2D eigenvalue weighted by Crippen LogP contribution is -2.42. The molecule has 0 saturated carbocycles. The number of rotatable bonds is 13. The molecule has 7 nitrogen and oxygen atoms in total. The molecule has 0 saturated heterocycles. The summed E-state index contributed by atoms with van der Waals surface area (Å²) in [7, 11) is 1.29. The fraction of sp³-hybridized carbons (Fsp3) is 0.258. The van der Waals surface area contributed by atoms with Gasteiger partial charge in [-0.05, 0) is 84.0 Å². The summed E-state index contributed by atoms with van der Waals surface area (Å²) in [5.74, 6) is -0.910. The molecule has 214 valence electrons. The number of anilines is 1. The van der Waals surface area contributed by atoms with Crippen LogP contribution in [0, 0.1) is 11.6 Å². The summed E-state index contributed by atoms with van der Waals surface area (Å²) in [6.45, 7) is 0.525. The molecule has 0 bridgehead atoms. The van der Waals surface area contributed by atoms with E-state index in [0.29, 0.717) is 36.3 Å². The van der Waals surface area contributed by atoms with E-state index in [1.54, 1.807) is 60.7 Å². The molecule has 41 heavy (non-hydrogen) atoms. The number of benzene rings is 3. The molecule has 0 aliphatic carbocycles. The summed E-state index contributed by atoms with van der Waals surface area (Å²) >= 11 is 1.57. The number of halogens is 2. The number of carbonyl (C=O) groups excluding carboxylic acids is 2. The van der Waals surface area contributed by atoms with Crippen molar-refractivity contribution in [2.75, 3.05) is 24.4 Å². The molecule has 4 rings (SSSR count). The van der Waals surface area contributed by atoms with E-state index < -0.39 is 17.9 Å². The second-order valence-electron chi connectivity index (χ2n) is 9.51. The Bertz CT molecular complexity index is 1430. The Morgan fingerprint density at radius 1 is 1.02 bits per heavy atom. The zero-order valence-electron chi connectivity index (χ0n) is 22.8. The summed E-state index contributed by atoms with van der Waals surface area (Å²) in [6.07, 6.45) is 7.96. The van der Waals surface area contributed by atoms with Crippen LogP contribution < -0.4 is 10.6 Å². The first-order valence-corrected chi connectivity index (χ1v) is 14.5. The van der Waals surface area contributed by atoms with Crippen LogP contribution in [-0.4, -0.2) is 46.6 Å². The smallest absolute Gasteiger partial charge is 0.328 e. The molecule has 10 heteroatoms. The number of imidazole rings is 1. The van der Waals surface area contributed by atoms with E-state index in [1.165, 1.54) is 31.4 Å². The first-order chi connectivity index (χ1) is 19.9. The Kier molecular flexibility index (Phi) is 10.5. The maximum atomic E-state index is 13.7. The molecular formula is C31H32F2N4O3S. The molecule has 0 fully saturated rings. The van der Waals surface area contributed by atoms with Gasteiger partial charge in [-0.2, -0.15) is 11.8 Å². The summed E-state index contributed by atoms with van der Waals surface area (Å²) in [4.78, 5) is 29.9. The minimum atomic E-state index is -0.783. The van der Waals surface area contributed by atoms with E-state index in [4.69, 9.17) is 4.74 Å². The number of esters is 1. The van der Waals surface area contributed by atoms with E-state index in [2.05, 4.69) is 15.6 Å². The predicted molar refractivity (Wildman–Crippen MR) is 157 cm³/mol. The van der Waals surface area contributed by atoms with Crippen LogP contribution in [0.4, 0.5) is 14.5 Å². The van der Waals surface area contributed by atoms with E-state index in [0.717, 1.165) is 16.8 Å². The van der Waals surface area contributed by atoms with Crippen molar-refractivity contribution in [3.05, 3.63) is 119 Å². The van der Waals surface area contributed by atoms with Gasteiger partial charge < -0.3 is 19.9 Å². The third-order valence-electron chi connectivity index (χ3n) is 6.63. The largest absolute Gasteiger partial charge is 0.467 e. The van der Waals surface area contributed by atoms with Gasteiger partial charge in [0, 0.05) is 30.2 Å². The molecule has 1 amide bonds. The summed E-state index contributed by atoms with van der Waals surface area (Å²) in [6, 6.07) is 16.7. The van der Waals surface area contributed by atoms with Gasteiger partial charge in [0.1, 0.15) is 17.7 Å². The number of hydrogen-bond acceptors (Lipinski definition) is 6. The molecule has 0 radical (unpaired) electrons. The lowest BCUT2D eigenvalue weighted by Gasteiger charge is -2.23. The average Bonchev–Trinajstić information content (AvgIpc) is 3.49. The first kappa shape index (κ1) is 29.8. The molecule has 2 N–H and O–H groups in total. The van der Waals surface area contributed by atoms with Crippen molar-refractivity contribution in [2.24, 2.45) is 0 Å². The Morgan fingerprint density at radius 3 is 2.37 bits per heavy atom. The third-order valence-corrected chi connectivity index (χ3v) is 7.27. The number of carbonyl (C=O) groups is 2. The third kappa shape index (κ3) is 8.40. The minimum absolute atomic E-state index is 0.238. The molecule has 4 aromatic rings. The van der Waals surface area contributed by atoms with E-state index in [1.807, 2.05) is 23.1 Å². The lowest BCUT2D eigenvalue weighted by atomic mass is 9.97. The second kappa shape index (κ2) is 14.5. The van der Waals surface area contributed by atoms with Crippen molar-refractivity contribution < 1.29 is 23.1 Å². The van der Waals surface area contributed by atoms with Gasteiger partial charge in [0.2, 0.25) is 0 Å². The number of nitrogens with one attached hydrogen (secondary N) is 2. The number of hydrogen-bond donors (Lipinski definition) is 2. The van der Waals surface area contributed by atoms with E-state index in [-0.39, 0.29) is 17.7 Å². The van der Waals surface area contributed by atoms with Gasteiger partial charge in [0.25, 0.3) is 5.91 Å². The number of thioether (sulfide) groups is 1. The van der Waals surface area contributed by atoms with Crippen molar-refractivity contribution in [1.29, 1.82) is 0 Å². The maximum absolute atomic E-state index is 13.7. The van der Waals surface area contributed by atoms with Crippen LogP contribution in [0.1, 0.15) is 39.5 Å². The van der Waals surface area contributed by atoms with Gasteiger partial charge in [0.15, 0.2) is 0 Å². The predicted octanol–water partition coefficient (Wildman–Crippen LogP) is 5.63. The summed E-state index contributed by atoms with van der Waals surface area (Å²) in [5.41, 5.74) is 3.51. The standard InChI is InChI=1S/C31H32F2N4O3S/c1-40-31(39)28(13-16-41-2)36-30(38)27-12-11-26(18-23(27)17-21-3-7-24(32)8-4-21)35-29(19-37-15-14-34-20-37)22-5-9-25(33)10-6-22/h3-12,14-15,18,20,28-29,35H,13,16-17,19H2,1-2H3,(H,36,38)/t28-,29?/m0/s1. The molecule has 1 aromatic heterocycles. The van der Waals surface area contributed by atoms with Crippen molar-refractivity contribution in [2.45, 2.75) is 31.5 Å². The summed E-state index contributed by atoms with van der Waals surface area (Å²) < 4.78 is 34.1. The van der Waals surface area contributed by atoms with Gasteiger partial charge in [-0.1, -0.05) is 24.3 Å². The highest BCUT2D eigenvalue weighted by Crippen LogP contribution is 2.26. The van der Waals surface area contributed by atoms with Gasteiger partial charge in [-0.15, -0.1) is 0 Å². The minimum Gasteiger partial charge on any atom is -0.467 e.